The Bertz CT molecular complexity index is 670. The second-order valence-corrected chi connectivity index (χ2v) is 10.3. The molecule has 0 saturated heterocycles. The van der Waals surface area contributed by atoms with Crippen molar-refractivity contribution in [1.29, 1.82) is 0 Å². The van der Waals surface area contributed by atoms with Crippen LogP contribution >= 0.6 is 21.6 Å². The maximum Gasteiger partial charge on any atom is 0.317 e. The van der Waals surface area contributed by atoms with Gasteiger partial charge in [-0.15, -0.1) is 0 Å². The zero-order valence-corrected chi connectivity index (χ0v) is 21.8. The third-order valence-corrected chi connectivity index (χ3v) is 6.78. The standard InChI is InChI=1S/C20H37N5O8S2/c1-16(26)11-24(14-19(30)31)7-5-23(13-18(28)29)6-8-25(15-20(32)33)12-17(27)22-4-10-35-34-9-3-21-2/h21H,3-15H2,1-2H3,(H,22,27)(H,28,29)(H,30,31)(H,32,33)/p-2. The van der Waals surface area contributed by atoms with Gasteiger partial charge in [0.25, 0.3) is 0 Å². The highest BCUT2D eigenvalue weighted by Gasteiger charge is 2.16. The number of Topliss-reactive ketones (excluding diaryl/α,β-unsaturated/α-hetero) is 1. The number of hydrogen-bond donors (Lipinski definition) is 3. The Labute approximate surface area is 213 Å². The minimum atomic E-state index is -1.38. The lowest BCUT2D eigenvalue weighted by Gasteiger charge is -2.29. The summed E-state index contributed by atoms with van der Waals surface area (Å²) in [7, 11) is 5.15. The van der Waals surface area contributed by atoms with E-state index in [1.54, 1.807) is 21.6 Å². The third kappa shape index (κ3) is 21.1. The van der Waals surface area contributed by atoms with Crippen molar-refractivity contribution in [3.63, 3.8) is 0 Å². The van der Waals surface area contributed by atoms with Crippen LogP contribution in [0.4, 0.5) is 0 Å². The summed E-state index contributed by atoms with van der Waals surface area (Å²) in [5, 5.41) is 37.0. The number of nitrogens with zero attached hydrogens (tertiary/aromatic N) is 3. The molecular formula is C20H35N5O8S2-2. The van der Waals surface area contributed by atoms with Crippen molar-refractivity contribution in [2.75, 3.05) is 90.5 Å². The average Bonchev–Trinajstić information content (AvgIpc) is 2.73. The highest BCUT2D eigenvalue weighted by atomic mass is 33.1. The number of carbonyl (C=O) groups is 5. The molecular weight excluding hydrogens is 502 g/mol. The van der Waals surface area contributed by atoms with Crippen molar-refractivity contribution in [3.05, 3.63) is 0 Å². The number of rotatable bonds is 23. The number of carboxylic acids is 3. The predicted octanol–water partition coefficient (Wildman–Crippen LogP) is -4.22. The van der Waals surface area contributed by atoms with Crippen LogP contribution in [0, 0.1) is 0 Å². The summed E-state index contributed by atoms with van der Waals surface area (Å²) >= 11 is 0. The maximum atomic E-state index is 12.2. The molecule has 15 heteroatoms. The van der Waals surface area contributed by atoms with Gasteiger partial charge in [-0.1, -0.05) is 21.6 Å². The van der Waals surface area contributed by atoms with Gasteiger partial charge in [0.15, 0.2) is 0 Å². The Hall–Kier alpha value is -1.91. The lowest BCUT2D eigenvalue weighted by Crippen LogP contribution is -2.49. The Kier molecular flexibility index (Phi) is 19.2. The molecule has 0 atom stereocenters. The minimum absolute atomic E-state index is 0.0505. The highest BCUT2D eigenvalue weighted by Crippen LogP contribution is 2.19. The van der Waals surface area contributed by atoms with Crippen molar-refractivity contribution >= 4 is 51.2 Å². The molecule has 0 aromatic carbocycles. The predicted molar refractivity (Wildman–Crippen MR) is 130 cm³/mol. The molecule has 0 aromatic heterocycles. The van der Waals surface area contributed by atoms with Crippen molar-refractivity contribution in [3.8, 4) is 0 Å². The molecule has 0 heterocycles. The molecule has 0 saturated carbocycles. The molecule has 0 radical (unpaired) electrons. The van der Waals surface area contributed by atoms with Crippen LogP contribution in [0.3, 0.4) is 0 Å². The van der Waals surface area contributed by atoms with Gasteiger partial charge >= 0.3 is 5.97 Å². The lowest BCUT2D eigenvalue weighted by atomic mass is 10.3. The summed E-state index contributed by atoms with van der Waals surface area (Å²) in [6.45, 7) is 1.25. The van der Waals surface area contributed by atoms with Gasteiger partial charge in [-0.05, 0) is 14.0 Å². The summed E-state index contributed by atoms with van der Waals surface area (Å²) in [6.07, 6.45) is 0. The first-order valence-electron chi connectivity index (χ1n) is 11.0. The van der Waals surface area contributed by atoms with Crippen molar-refractivity contribution < 1.29 is 39.3 Å². The van der Waals surface area contributed by atoms with Gasteiger partial charge in [0.05, 0.1) is 31.6 Å². The van der Waals surface area contributed by atoms with Crippen LogP contribution in [0.5, 0.6) is 0 Å². The second kappa shape index (κ2) is 20.3. The summed E-state index contributed by atoms with van der Waals surface area (Å²) in [4.78, 5) is 61.0. The van der Waals surface area contributed by atoms with Crippen LogP contribution < -0.4 is 20.8 Å². The molecule has 35 heavy (non-hydrogen) atoms. The number of aliphatic carboxylic acids is 3. The van der Waals surface area contributed by atoms with Crippen LogP contribution in [-0.2, 0) is 24.0 Å². The van der Waals surface area contributed by atoms with E-state index in [-0.39, 0.29) is 57.5 Å². The number of nitrogens with one attached hydrogen (secondary N) is 2. The summed E-state index contributed by atoms with van der Waals surface area (Å²) in [6, 6.07) is 0. The van der Waals surface area contributed by atoms with Crippen molar-refractivity contribution in [2.24, 2.45) is 0 Å². The number of carboxylic acid groups (broad SMARTS) is 3. The quantitative estimate of drug-likeness (QED) is 0.0841. The van der Waals surface area contributed by atoms with E-state index in [9.17, 15) is 34.2 Å². The number of hydrogen-bond acceptors (Lipinski definition) is 13. The molecule has 0 spiro atoms. The van der Waals surface area contributed by atoms with Crippen LogP contribution in [0.25, 0.3) is 0 Å². The Balaban J connectivity index is 4.76. The van der Waals surface area contributed by atoms with E-state index in [1.807, 2.05) is 7.05 Å². The summed E-state index contributed by atoms with van der Waals surface area (Å²) in [5.41, 5.74) is 0. The van der Waals surface area contributed by atoms with E-state index in [0.717, 1.165) is 12.3 Å². The SMILES string of the molecule is CNCCSSCCNC(=O)CN(CCN(CCN(CC(C)=O)CC(=O)O)CC(=O)[O-])CC(=O)[O-]. The third-order valence-electron chi connectivity index (χ3n) is 4.37. The maximum absolute atomic E-state index is 12.2. The molecule has 0 rings (SSSR count). The fourth-order valence-corrected chi connectivity index (χ4v) is 4.80. The molecule has 1 amide bonds. The molecule has 0 fully saturated rings. The first-order valence-corrected chi connectivity index (χ1v) is 13.5. The van der Waals surface area contributed by atoms with Crippen molar-refractivity contribution in [1.82, 2.24) is 25.3 Å². The highest BCUT2D eigenvalue weighted by molar-refractivity contribution is 8.76. The van der Waals surface area contributed by atoms with Gasteiger partial charge in [-0.2, -0.15) is 0 Å². The largest absolute Gasteiger partial charge is 0.549 e. The smallest absolute Gasteiger partial charge is 0.317 e. The molecule has 0 aromatic rings. The number of ketones is 1. The van der Waals surface area contributed by atoms with E-state index in [2.05, 4.69) is 10.6 Å². The summed E-state index contributed by atoms with van der Waals surface area (Å²) < 4.78 is 0. The normalized spacial score (nSPS) is 11.2. The molecule has 0 bridgehead atoms. The van der Waals surface area contributed by atoms with Gasteiger partial charge in [0.1, 0.15) is 5.78 Å². The molecule has 0 aliphatic rings. The van der Waals surface area contributed by atoms with Crippen molar-refractivity contribution in [2.45, 2.75) is 6.92 Å². The van der Waals surface area contributed by atoms with Crippen LogP contribution in [0.15, 0.2) is 0 Å². The van der Waals surface area contributed by atoms with Gasteiger partial charge in [-0.25, -0.2) is 0 Å². The topological polar surface area (TPSA) is 185 Å². The van der Waals surface area contributed by atoms with E-state index < -0.39 is 31.0 Å². The molecule has 13 nitrogen and oxygen atoms in total. The van der Waals surface area contributed by atoms with E-state index in [4.69, 9.17) is 5.11 Å². The Morgan fingerprint density at radius 1 is 0.743 bits per heavy atom. The second-order valence-electron chi connectivity index (χ2n) is 7.63. The molecule has 0 aliphatic carbocycles. The molecule has 202 valence electrons. The Morgan fingerprint density at radius 2 is 1.23 bits per heavy atom. The average molecular weight is 538 g/mol. The van der Waals surface area contributed by atoms with Crippen LogP contribution in [-0.4, -0.2) is 140 Å². The van der Waals surface area contributed by atoms with Crippen LogP contribution in [0.1, 0.15) is 6.92 Å². The molecule has 0 unspecified atom stereocenters. The minimum Gasteiger partial charge on any atom is -0.549 e. The first-order chi connectivity index (χ1) is 16.5. The molecule has 3 N–H and O–H groups in total. The van der Waals surface area contributed by atoms with Gasteiger partial charge in [-0.3, -0.25) is 29.1 Å². The zero-order valence-electron chi connectivity index (χ0n) is 20.2. The van der Waals surface area contributed by atoms with E-state index in [0.29, 0.717) is 12.3 Å². The first kappa shape index (κ1) is 33.1. The fraction of sp³-hybridized carbons (Fsp3) is 0.750. The zero-order chi connectivity index (χ0) is 26.6. The van der Waals surface area contributed by atoms with Gasteiger partial charge in [0, 0.05) is 63.9 Å². The van der Waals surface area contributed by atoms with Gasteiger partial charge in [0.2, 0.25) is 5.91 Å². The summed E-state index contributed by atoms with van der Waals surface area (Å²) in [5.74, 6) is -2.86. The van der Waals surface area contributed by atoms with E-state index in [1.165, 1.54) is 21.6 Å². The number of amides is 1. The van der Waals surface area contributed by atoms with Crippen LogP contribution in [0.2, 0.25) is 0 Å². The van der Waals surface area contributed by atoms with Gasteiger partial charge < -0.3 is 35.5 Å². The van der Waals surface area contributed by atoms with E-state index >= 15 is 0 Å². The molecule has 0 aliphatic heterocycles. The Morgan fingerprint density at radius 3 is 1.71 bits per heavy atom. The fourth-order valence-electron chi connectivity index (χ4n) is 2.89. The number of carbonyl (C=O) groups excluding carboxylic acids is 4. The monoisotopic (exact) mass is 537 g/mol. The lowest BCUT2D eigenvalue weighted by molar-refractivity contribution is -0.308.